The van der Waals surface area contributed by atoms with Crippen LogP contribution in [0.15, 0.2) is 36.4 Å². The van der Waals surface area contributed by atoms with Gasteiger partial charge in [0.25, 0.3) is 0 Å². The lowest BCUT2D eigenvalue weighted by Gasteiger charge is -2.28. The van der Waals surface area contributed by atoms with Crippen LogP contribution in [0, 0.1) is 0 Å². The van der Waals surface area contributed by atoms with Gasteiger partial charge in [0, 0.05) is 24.6 Å². The van der Waals surface area contributed by atoms with Crippen LogP contribution in [0.2, 0.25) is 0 Å². The zero-order valence-electron chi connectivity index (χ0n) is 18.5. The van der Waals surface area contributed by atoms with E-state index in [4.69, 9.17) is 14.5 Å². The number of carbonyl (C=O) groups excluding carboxylic acids is 1. The summed E-state index contributed by atoms with van der Waals surface area (Å²) in [6.07, 6.45) is 2.16. The molecule has 0 radical (unpaired) electrons. The molecule has 0 bridgehead atoms. The molecule has 2 unspecified atom stereocenters. The smallest absolute Gasteiger partial charge is 0.337 e. The number of aromatic hydroxyl groups is 1. The summed E-state index contributed by atoms with van der Waals surface area (Å²) in [5.74, 6) is 0.673. The number of pyridine rings is 1. The van der Waals surface area contributed by atoms with Gasteiger partial charge in [0.2, 0.25) is 5.88 Å². The quantitative estimate of drug-likeness (QED) is 0.594. The number of hydrogen-bond donors (Lipinski definition) is 1. The number of methoxy groups -OCH3 is 1. The van der Waals surface area contributed by atoms with Gasteiger partial charge in [-0.15, -0.1) is 0 Å². The van der Waals surface area contributed by atoms with Crippen LogP contribution in [0.5, 0.6) is 5.88 Å². The Kier molecular flexibility index (Phi) is 5.35. The molecule has 0 spiro atoms. The molecule has 2 atom stereocenters. The van der Waals surface area contributed by atoms with Crippen molar-refractivity contribution in [1.29, 1.82) is 0 Å². The topological polar surface area (TPSA) is 89.7 Å². The van der Waals surface area contributed by atoms with E-state index >= 15 is 0 Å². The minimum atomic E-state index is -0.352. The van der Waals surface area contributed by atoms with E-state index in [9.17, 15) is 9.90 Å². The maximum Gasteiger partial charge on any atom is 0.337 e. The Bertz CT molecular complexity index is 1160. The summed E-state index contributed by atoms with van der Waals surface area (Å²) in [7, 11) is 1.39. The first kappa shape index (κ1) is 20.9. The highest BCUT2D eigenvalue weighted by atomic mass is 16.5. The van der Waals surface area contributed by atoms with E-state index in [-0.39, 0.29) is 23.4 Å². The number of ether oxygens (including phenoxy) is 2. The number of benzene rings is 1. The average molecular weight is 437 g/mol. The Morgan fingerprint density at radius 2 is 2.16 bits per heavy atom. The first-order valence-electron chi connectivity index (χ1n) is 11.0. The lowest BCUT2D eigenvalue weighted by Crippen LogP contribution is -2.33. The lowest BCUT2D eigenvalue weighted by molar-refractivity contribution is -0.0591. The van der Waals surface area contributed by atoms with Crippen LogP contribution < -0.4 is 0 Å². The summed E-state index contributed by atoms with van der Waals surface area (Å²) < 4.78 is 12.8. The Hall–Kier alpha value is -2.97. The first-order valence-corrected chi connectivity index (χ1v) is 11.0. The molecule has 3 aromatic rings. The molecule has 0 aliphatic carbocycles. The average Bonchev–Trinajstić information content (AvgIpc) is 3.30. The molecular weight excluding hydrogens is 408 g/mol. The number of hydrogen-bond acceptors (Lipinski definition) is 7. The van der Waals surface area contributed by atoms with Gasteiger partial charge < -0.3 is 19.1 Å². The Labute approximate surface area is 186 Å². The van der Waals surface area contributed by atoms with Crippen molar-refractivity contribution in [3.63, 3.8) is 0 Å². The molecule has 1 aromatic carbocycles. The van der Waals surface area contributed by atoms with Crippen molar-refractivity contribution in [3.05, 3.63) is 53.5 Å². The molecule has 4 heterocycles. The van der Waals surface area contributed by atoms with Crippen LogP contribution in [0.25, 0.3) is 11.0 Å². The van der Waals surface area contributed by atoms with Crippen molar-refractivity contribution in [1.82, 2.24) is 19.4 Å². The summed E-state index contributed by atoms with van der Waals surface area (Å²) in [4.78, 5) is 23.7. The minimum absolute atomic E-state index is 0.0610. The van der Waals surface area contributed by atoms with Gasteiger partial charge in [-0.25, -0.2) is 14.8 Å². The van der Waals surface area contributed by atoms with Crippen molar-refractivity contribution < 1.29 is 19.4 Å². The van der Waals surface area contributed by atoms with Gasteiger partial charge in [0.1, 0.15) is 5.82 Å². The number of esters is 1. The Morgan fingerprint density at radius 1 is 1.31 bits per heavy atom. The second kappa shape index (κ2) is 8.18. The number of carbonyl (C=O) groups is 1. The lowest BCUT2D eigenvalue weighted by atomic mass is 9.85. The van der Waals surface area contributed by atoms with Crippen molar-refractivity contribution in [2.75, 3.05) is 26.8 Å². The molecule has 8 heteroatoms. The molecule has 2 aliphatic rings. The molecule has 0 saturated carbocycles. The fourth-order valence-corrected chi connectivity index (χ4v) is 4.73. The van der Waals surface area contributed by atoms with Gasteiger partial charge >= 0.3 is 5.97 Å². The Balaban J connectivity index is 1.43. The molecule has 2 aromatic heterocycles. The summed E-state index contributed by atoms with van der Waals surface area (Å²) in [6, 6.07) is 10.9. The molecule has 2 fully saturated rings. The molecule has 1 N–H and O–H groups in total. The molecule has 5 rings (SSSR count). The van der Waals surface area contributed by atoms with Gasteiger partial charge in [-0.05, 0) is 43.7 Å². The zero-order chi connectivity index (χ0) is 22.3. The predicted octanol–water partition coefficient (Wildman–Crippen LogP) is 2.88. The van der Waals surface area contributed by atoms with Gasteiger partial charge in [-0.3, -0.25) is 4.90 Å². The third kappa shape index (κ3) is 3.84. The summed E-state index contributed by atoms with van der Waals surface area (Å²) in [6.45, 7) is 6.16. The van der Waals surface area contributed by atoms with E-state index in [2.05, 4.69) is 21.4 Å². The first-order chi connectivity index (χ1) is 15.4. The zero-order valence-corrected chi connectivity index (χ0v) is 18.5. The second-order valence-corrected chi connectivity index (χ2v) is 9.02. The molecular formula is C24H28N4O4. The number of rotatable bonds is 6. The van der Waals surface area contributed by atoms with Crippen LogP contribution in [0.1, 0.15) is 41.6 Å². The van der Waals surface area contributed by atoms with Gasteiger partial charge in [-0.2, -0.15) is 0 Å². The van der Waals surface area contributed by atoms with E-state index in [1.807, 2.05) is 24.3 Å². The number of fused-ring (bicyclic) bond motifs is 1. The molecule has 2 saturated heterocycles. The maximum absolute atomic E-state index is 12.1. The summed E-state index contributed by atoms with van der Waals surface area (Å²) >= 11 is 0. The van der Waals surface area contributed by atoms with Crippen molar-refractivity contribution in [2.24, 2.45) is 0 Å². The standard InChI is InChI=1S/C24H28N4O4/c1-24(20-4-3-5-22(29)26-20)9-10-27(15-24)14-21-25-18-7-6-16(23(30)31-2)12-19(18)28(21)13-17-8-11-32-17/h3-7,12,17H,8-11,13-15H2,1-2H3,(H,26,29). The highest BCUT2D eigenvalue weighted by Gasteiger charge is 2.37. The largest absolute Gasteiger partial charge is 0.493 e. The fraction of sp³-hybridized carbons (Fsp3) is 0.458. The van der Waals surface area contributed by atoms with E-state index in [1.54, 1.807) is 12.1 Å². The molecule has 8 nitrogen and oxygen atoms in total. The van der Waals surface area contributed by atoms with Gasteiger partial charge in [0.15, 0.2) is 0 Å². The number of likely N-dealkylation sites (tertiary alicyclic amines) is 1. The van der Waals surface area contributed by atoms with E-state index in [0.717, 1.165) is 61.6 Å². The molecule has 0 amide bonds. The van der Waals surface area contributed by atoms with Crippen LogP contribution in [-0.4, -0.2) is 63.4 Å². The maximum atomic E-state index is 12.1. The molecule has 32 heavy (non-hydrogen) atoms. The van der Waals surface area contributed by atoms with Gasteiger partial charge in [-0.1, -0.05) is 13.0 Å². The summed E-state index contributed by atoms with van der Waals surface area (Å²) in [5.41, 5.74) is 3.11. The molecule has 2 aliphatic heterocycles. The Morgan fingerprint density at radius 3 is 2.88 bits per heavy atom. The van der Waals surface area contributed by atoms with E-state index in [0.29, 0.717) is 12.1 Å². The fourth-order valence-electron chi connectivity index (χ4n) is 4.73. The molecule has 168 valence electrons. The number of imidazole rings is 1. The van der Waals surface area contributed by atoms with Crippen molar-refractivity contribution in [3.8, 4) is 5.88 Å². The number of aromatic nitrogens is 3. The van der Waals surface area contributed by atoms with Crippen LogP contribution in [-0.2, 0) is 28.0 Å². The normalized spacial score (nSPS) is 23.4. The van der Waals surface area contributed by atoms with E-state index < -0.39 is 0 Å². The number of nitrogens with zero attached hydrogens (tertiary/aromatic N) is 4. The van der Waals surface area contributed by atoms with Crippen molar-refractivity contribution in [2.45, 2.75) is 44.4 Å². The third-order valence-corrected chi connectivity index (χ3v) is 6.70. The van der Waals surface area contributed by atoms with Crippen LogP contribution in [0.4, 0.5) is 0 Å². The SMILES string of the molecule is COC(=O)c1ccc2nc(CN3CCC(C)(c4cccc(O)n4)C3)n(CC3CCO3)c2c1. The summed E-state index contributed by atoms with van der Waals surface area (Å²) in [5, 5.41) is 9.82. The highest BCUT2D eigenvalue weighted by molar-refractivity contribution is 5.93. The van der Waals surface area contributed by atoms with Gasteiger partial charge in [0.05, 0.1) is 48.6 Å². The van der Waals surface area contributed by atoms with E-state index in [1.165, 1.54) is 7.11 Å². The van der Waals surface area contributed by atoms with Crippen LogP contribution >= 0.6 is 0 Å². The second-order valence-electron chi connectivity index (χ2n) is 9.02. The van der Waals surface area contributed by atoms with Crippen molar-refractivity contribution >= 4 is 17.0 Å². The van der Waals surface area contributed by atoms with Crippen LogP contribution in [0.3, 0.4) is 0 Å². The third-order valence-electron chi connectivity index (χ3n) is 6.70. The highest BCUT2D eigenvalue weighted by Crippen LogP contribution is 2.35. The minimum Gasteiger partial charge on any atom is -0.493 e. The predicted molar refractivity (Wildman–Crippen MR) is 119 cm³/mol. The monoisotopic (exact) mass is 436 g/mol.